The minimum atomic E-state index is -1.08. The monoisotopic (exact) mass is 277 g/mol. The maximum Gasteiger partial charge on any atom is 0.341 e. The van der Waals surface area contributed by atoms with E-state index in [0.717, 1.165) is 11.1 Å². The predicted molar refractivity (Wildman–Crippen MR) is 72.9 cm³/mol. The zero-order valence-corrected chi connectivity index (χ0v) is 11.2. The number of ether oxygens (including phenoxy) is 1. The second-order valence-corrected chi connectivity index (χ2v) is 4.54. The van der Waals surface area contributed by atoms with Crippen LogP contribution in [0.15, 0.2) is 30.5 Å². The van der Waals surface area contributed by atoms with Crippen molar-refractivity contribution in [2.45, 2.75) is 6.92 Å². The van der Waals surface area contributed by atoms with E-state index in [2.05, 4.69) is 4.98 Å². The molecule has 1 heterocycles. The molecule has 2 aromatic rings. The Hall–Kier alpha value is -2.07. The smallest absolute Gasteiger partial charge is 0.341 e. The standard InChI is InChI=1S/C14H12ClNO3/c1-8-3-9(5-11(15)4-8)10-6-12(14(17)18)13(19-2)16-7-10/h3-7H,1-2H3,(H,17,18). The number of carboxylic acids is 1. The molecule has 0 radical (unpaired) electrons. The molecule has 0 aliphatic carbocycles. The summed E-state index contributed by atoms with van der Waals surface area (Å²) in [6, 6.07) is 7.05. The lowest BCUT2D eigenvalue weighted by molar-refractivity contribution is 0.0692. The molecule has 0 fully saturated rings. The number of aromatic nitrogens is 1. The summed E-state index contributed by atoms with van der Waals surface area (Å²) in [5.41, 5.74) is 2.53. The number of methoxy groups -OCH3 is 1. The highest BCUT2D eigenvalue weighted by molar-refractivity contribution is 6.31. The molecule has 1 N–H and O–H groups in total. The summed E-state index contributed by atoms with van der Waals surface area (Å²) in [5.74, 6) is -0.986. The molecule has 0 saturated carbocycles. The van der Waals surface area contributed by atoms with Gasteiger partial charge in [-0.15, -0.1) is 0 Å². The number of carboxylic acid groups (broad SMARTS) is 1. The third-order valence-electron chi connectivity index (χ3n) is 2.65. The molecule has 0 aliphatic rings. The van der Waals surface area contributed by atoms with Gasteiger partial charge in [-0.05, 0) is 36.2 Å². The van der Waals surface area contributed by atoms with Crippen LogP contribution in [0, 0.1) is 6.92 Å². The minimum absolute atomic E-state index is 0.0256. The molecule has 0 aliphatic heterocycles. The van der Waals surface area contributed by atoms with E-state index in [4.69, 9.17) is 21.4 Å². The van der Waals surface area contributed by atoms with Gasteiger partial charge in [0.2, 0.25) is 5.88 Å². The highest BCUT2D eigenvalue weighted by Crippen LogP contribution is 2.27. The highest BCUT2D eigenvalue weighted by atomic mass is 35.5. The van der Waals surface area contributed by atoms with Gasteiger partial charge in [0, 0.05) is 16.8 Å². The van der Waals surface area contributed by atoms with Crippen molar-refractivity contribution >= 4 is 17.6 Å². The van der Waals surface area contributed by atoms with Gasteiger partial charge in [0.25, 0.3) is 0 Å². The van der Waals surface area contributed by atoms with E-state index >= 15 is 0 Å². The number of hydrogen-bond acceptors (Lipinski definition) is 3. The van der Waals surface area contributed by atoms with Crippen LogP contribution in [0.5, 0.6) is 5.88 Å². The Morgan fingerprint density at radius 2 is 2.00 bits per heavy atom. The zero-order valence-electron chi connectivity index (χ0n) is 10.5. The molecular formula is C14H12ClNO3. The molecule has 0 unspecified atom stereocenters. The topological polar surface area (TPSA) is 59.4 Å². The molecule has 0 saturated heterocycles. The van der Waals surface area contributed by atoms with Crippen LogP contribution in [0.4, 0.5) is 0 Å². The lowest BCUT2D eigenvalue weighted by Crippen LogP contribution is -2.02. The van der Waals surface area contributed by atoms with Crippen LogP contribution in [-0.4, -0.2) is 23.2 Å². The van der Waals surface area contributed by atoms with Crippen molar-refractivity contribution in [2.75, 3.05) is 7.11 Å². The van der Waals surface area contributed by atoms with Gasteiger partial charge in [-0.2, -0.15) is 0 Å². The molecule has 0 atom stereocenters. The molecule has 98 valence electrons. The first kappa shape index (κ1) is 13.4. The maximum absolute atomic E-state index is 11.2. The van der Waals surface area contributed by atoms with Gasteiger partial charge < -0.3 is 9.84 Å². The quantitative estimate of drug-likeness (QED) is 0.934. The largest absolute Gasteiger partial charge is 0.480 e. The van der Waals surface area contributed by atoms with Crippen LogP contribution in [0.1, 0.15) is 15.9 Å². The predicted octanol–water partition coefficient (Wildman–Crippen LogP) is 3.42. The number of nitrogens with zero attached hydrogens (tertiary/aromatic N) is 1. The summed E-state index contributed by atoms with van der Waals surface area (Å²) in [5, 5.41) is 9.73. The van der Waals surface area contributed by atoms with Gasteiger partial charge in [0.1, 0.15) is 5.56 Å². The Labute approximate surface area is 115 Å². The van der Waals surface area contributed by atoms with Crippen LogP contribution in [0.2, 0.25) is 5.02 Å². The van der Waals surface area contributed by atoms with E-state index in [1.807, 2.05) is 19.1 Å². The van der Waals surface area contributed by atoms with Crippen molar-refractivity contribution in [3.8, 4) is 17.0 Å². The molecule has 0 amide bonds. The van der Waals surface area contributed by atoms with Crippen LogP contribution in [0.25, 0.3) is 11.1 Å². The summed E-state index contributed by atoms with van der Waals surface area (Å²) >= 11 is 6.00. The van der Waals surface area contributed by atoms with Gasteiger partial charge in [-0.1, -0.05) is 17.7 Å². The highest BCUT2D eigenvalue weighted by Gasteiger charge is 2.14. The summed E-state index contributed by atoms with van der Waals surface area (Å²) in [7, 11) is 1.39. The number of hydrogen-bond donors (Lipinski definition) is 1. The normalized spacial score (nSPS) is 10.3. The lowest BCUT2D eigenvalue weighted by Gasteiger charge is -2.08. The van der Waals surface area contributed by atoms with Crippen molar-refractivity contribution in [3.05, 3.63) is 46.6 Å². The average Bonchev–Trinajstić information content (AvgIpc) is 2.36. The van der Waals surface area contributed by atoms with E-state index in [-0.39, 0.29) is 11.4 Å². The number of rotatable bonds is 3. The molecule has 0 spiro atoms. The van der Waals surface area contributed by atoms with E-state index < -0.39 is 5.97 Å². The summed E-state index contributed by atoms with van der Waals surface area (Å²) in [4.78, 5) is 15.2. The van der Waals surface area contributed by atoms with Crippen LogP contribution in [0.3, 0.4) is 0 Å². The van der Waals surface area contributed by atoms with Crippen molar-refractivity contribution in [3.63, 3.8) is 0 Å². The summed E-state index contributed by atoms with van der Waals surface area (Å²) in [6.45, 7) is 1.92. The van der Waals surface area contributed by atoms with Crippen molar-refractivity contribution in [1.82, 2.24) is 4.98 Å². The van der Waals surface area contributed by atoms with E-state index in [1.54, 1.807) is 12.3 Å². The Kier molecular flexibility index (Phi) is 3.71. The number of halogens is 1. The van der Waals surface area contributed by atoms with Crippen molar-refractivity contribution < 1.29 is 14.6 Å². The Bertz CT molecular complexity index is 620. The van der Waals surface area contributed by atoms with E-state index in [1.165, 1.54) is 13.2 Å². The molecule has 4 nitrogen and oxygen atoms in total. The molecule has 1 aromatic heterocycles. The van der Waals surface area contributed by atoms with Crippen molar-refractivity contribution in [2.24, 2.45) is 0 Å². The second-order valence-electron chi connectivity index (χ2n) is 4.10. The second kappa shape index (κ2) is 5.28. The van der Waals surface area contributed by atoms with Gasteiger partial charge in [-0.3, -0.25) is 0 Å². The fourth-order valence-electron chi connectivity index (χ4n) is 1.83. The van der Waals surface area contributed by atoms with E-state index in [0.29, 0.717) is 10.6 Å². The molecule has 19 heavy (non-hydrogen) atoms. The van der Waals surface area contributed by atoms with Crippen LogP contribution >= 0.6 is 11.6 Å². The Morgan fingerprint density at radius 1 is 1.26 bits per heavy atom. The minimum Gasteiger partial charge on any atom is -0.480 e. The van der Waals surface area contributed by atoms with Crippen LogP contribution < -0.4 is 4.74 Å². The fraction of sp³-hybridized carbons (Fsp3) is 0.143. The third-order valence-corrected chi connectivity index (χ3v) is 2.87. The number of aryl methyl sites for hydroxylation is 1. The SMILES string of the molecule is COc1ncc(-c2cc(C)cc(Cl)c2)cc1C(=O)O. The molecule has 1 aromatic carbocycles. The van der Waals surface area contributed by atoms with Gasteiger partial charge in [0.05, 0.1) is 7.11 Å². The Morgan fingerprint density at radius 3 is 2.58 bits per heavy atom. The first-order chi connectivity index (χ1) is 9.01. The van der Waals surface area contributed by atoms with Gasteiger partial charge in [-0.25, -0.2) is 9.78 Å². The number of pyridine rings is 1. The fourth-order valence-corrected chi connectivity index (χ4v) is 2.12. The molecule has 5 heteroatoms. The molecular weight excluding hydrogens is 266 g/mol. The zero-order chi connectivity index (χ0) is 14.0. The number of benzene rings is 1. The van der Waals surface area contributed by atoms with E-state index in [9.17, 15) is 4.79 Å². The number of carbonyl (C=O) groups is 1. The first-order valence-electron chi connectivity index (χ1n) is 5.56. The Balaban J connectivity index is 2.57. The summed E-state index contributed by atoms with van der Waals surface area (Å²) < 4.78 is 4.93. The van der Waals surface area contributed by atoms with Crippen LogP contribution in [-0.2, 0) is 0 Å². The van der Waals surface area contributed by atoms with Gasteiger partial charge in [0.15, 0.2) is 0 Å². The average molecular weight is 278 g/mol. The van der Waals surface area contributed by atoms with Crippen molar-refractivity contribution in [1.29, 1.82) is 0 Å². The molecule has 2 rings (SSSR count). The van der Waals surface area contributed by atoms with Gasteiger partial charge >= 0.3 is 5.97 Å². The maximum atomic E-state index is 11.2. The first-order valence-corrected chi connectivity index (χ1v) is 5.94. The summed E-state index contributed by atoms with van der Waals surface area (Å²) in [6.07, 6.45) is 1.57. The lowest BCUT2D eigenvalue weighted by atomic mass is 10.0. The third kappa shape index (κ3) is 2.85. The number of aromatic carboxylic acids is 1. The molecule has 0 bridgehead atoms.